The van der Waals surface area contributed by atoms with Crippen LogP contribution in [0.4, 0.5) is 0 Å². The molecule has 0 spiro atoms. The maximum Gasteiger partial charge on any atom is 0.248 e. The van der Waals surface area contributed by atoms with E-state index in [1.807, 2.05) is 6.07 Å². The Kier molecular flexibility index (Phi) is 2.91. The summed E-state index contributed by atoms with van der Waals surface area (Å²) in [6, 6.07) is 3.70. The molecule has 0 saturated heterocycles. The molecule has 1 aromatic rings. The van der Waals surface area contributed by atoms with Crippen LogP contribution in [0.3, 0.4) is 0 Å². The fraction of sp³-hybridized carbons (Fsp3) is 0.545. The summed E-state index contributed by atoms with van der Waals surface area (Å²) in [6.07, 6.45) is 3.85. The molecule has 0 aromatic carbocycles. The fourth-order valence-electron chi connectivity index (χ4n) is 1.48. The Labute approximate surface area is 79.0 Å². The normalized spacial score (nSPS) is 11.6. The smallest absolute Gasteiger partial charge is 0.248 e. The highest BCUT2D eigenvalue weighted by molar-refractivity contribution is 5.21. The lowest BCUT2D eigenvalue weighted by Gasteiger charge is -2.26. The summed E-state index contributed by atoms with van der Waals surface area (Å²) in [5.74, 6) is 0. The summed E-state index contributed by atoms with van der Waals surface area (Å²) < 4.78 is 0. The molecule has 0 amide bonds. The number of aromatic nitrogens is 1. The molecule has 13 heavy (non-hydrogen) atoms. The van der Waals surface area contributed by atoms with Crippen LogP contribution in [0.15, 0.2) is 23.1 Å². The zero-order chi connectivity index (χ0) is 9.90. The largest absolute Gasteiger partial charge is 0.329 e. The van der Waals surface area contributed by atoms with Crippen molar-refractivity contribution in [3.8, 4) is 0 Å². The number of rotatable bonds is 3. The Balaban J connectivity index is 3.12. The van der Waals surface area contributed by atoms with E-state index < -0.39 is 0 Å². The van der Waals surface area contributed by atoms with Gasteiger partial charge in [0.05, 0.1) is 0 Å². The van der Waals surface area contributed by atoms with Crippen LogP contribution < -0.4 is 5.56 Å². The van der Waals surface area contributed by atoms with Crippen LogP contribution in [0.1, 0.15) is 39.2 Å². The Bertz CT molecular complexity index is 323. The van der Waals surface area contributed by atoms with E-state index in [1.165, 1.54) is 0 Å². The lowest BCUT2D eigenvalue weighted by molar-refractivity contribution is 0.438. The lowest BCUT2D eigenvalue weighted by atomic mass is 9.78. The van der Waals surface area contributed by atoms with E-state index in [0.29, 0.717) is 0 Å². The third-order valence-corrected chi connectivity index (χ3v) is 3.03. The highest BCUT2D eigenvalue weighted by Crippen LogP contribution is 2.29. The predicted octanol–water partition coefficient (Wildman–Crippen LogP) is 2.45. The number of H-pyrrole nitrogens is 1. The van der Waals surface area contributed by atoms with Crippen molar-refractivity contribution in [3.05, 3.63) is 34.2 Å². The van der Waals surface area contributed by atoms with E-state index in [4.69, 9.17) is 0 Å². The molecule has 0 atom stereocenters. The summed E-state index contributed by atoms with van der Waals surface area (Å²) in [7, 11) is 0. The topological polar surface area (TPSA) is 32.9 Å². The van der Waals surface area contributed by atoms with Crippen molar-refractivity contribution >= 4 is 0 Å². The molecular weight excluding hydrogens is 162 g/mol. The van der Waals surface area contributed by atoms with Crippen molar-refractivity contribution in [1.29, 1.82) is 0 Å². The van der Waals surface area contributed by atoms with E-state index >= 15 is 0 Å². The number of hydrogen-bond acceptors (Lipinski definition) is 1. The summed E-state index contributed by atoms with van der Waals surface area (Å²) in [5.41, 5.74) is 1.28. The summed E-state index contributed by atoms with van der Waals surface area (Å²) >= 11 is 0. The summed E-state index contributed by atoms with van der Waals surface area (Å²) in [4.78, 5) is 13.7. The van der Waals surface area contributed by atoms with E-state index in [-0.39, 0.29) is 11.0 Å². The van der Waals surface area contributed by atoms with Crippen molar-refractivity contribution in [2.24, 2.45) is 0 Å². The van der Waals surface area contributed by atoms with Crippen LogP contribution in [0, 0.1) is 0 Å². The van der Waals surface area contributed by atoms with Gasteiger partial charge < -0.3 is 4.98 Å². The van der Waals surface area contributed by atoms with Gasteiger partial charge in [0.2, 0.25) is 5.56 Å². The van der Waals surface area contributed by atoms with Crippen LogP contribution in [-0.2, 0) is 5.41 Å². The highest BCUT2D eigenvalue weighted by atomic mass is 16.1. The van der Waals surface area contributed by atoms with Gasteiger partial charge in [0.1, 0.15) is 0 Å². The molecule has 0 aliphatic rings. The second-order valence-corrected chi connectivity index (χ2v) is 3.71. The monoisotopic (exact) mass is 179 g/mol. The molecule has 2 heteroatoms. The second kappa shape index (κ2) is 3.77. The van der Waals surface area contributed by atoms with Crippen molar-refractivity contribution in [2.45, 2.75) is 39.0 Å². The quantitative estimate of drug-likeness (QED) is 0.759. The maximum atomic E-state index is 11.1. The van der Waals surface area contributed by atoms with Gasteiger partial charge in [0.15, 0.2) is 0 Å². The maximum absolute atomic E-state index is 11.1. The van der Waals surface area contributed by atoms with Crippen molar-refractivity contribution in [3.63, 3.8) is 0 Å². The zero-order valence-corrected chi connectivity index (χ0v) is 8.55. The molecule has 0 radical (unpaired) electrons. The van der Waals surface area contributed by atoms with Crippen LogP contribution >= 0.6 is 0 Å². The first-order valence-corrected chi connectivity index (χ1v) is 4.81. The first-order valence-electron chi connectivity index (χ1n) is 4.81. The Morgan fingerprint density at radius 3 is 2.46 bits per heavy atom. The van der Waals surface area contributed by atoms with Gasteiger partial charge in [-0.1, -0.05) is 20.8 Å². The van der Waals surface area contributed by atoms with Gasteiger partial charge in [-0.15, -0.1) is 0 Å². The molecule has 1 rings (SSSR count). The van der Waals surface area contributed by atoms with E-state index in [1.54, 1.807) is 12.3 Å². The SMILES string of the molecule is CCC(C)(CC)c1cc[nH]c(=O)c1. The van der Waals surface area contributed by atoms with Crippen LogP contribution in [0.5, 0.6) is 0 Å². The molecule has 1 heterocycles. The molecule has 0 fully saturated rings. The van der Waals surface area contributed by atoms with Gasteiger partial charge in [0, 0.05) is 12.3 Å². The van der Waals surface area contributed by atoms with Crippen LogP contribution in [0.2, 0.25) is 0 Å². The van der Waals surface area contributed by atoms with Crippen molar-refractivity contribution in [2.75, 3.05) is 0 Å². The third-order valence-electron chi connectivity index (χ3n) is 3.03. The first-order chi connectivity index (χ1) is 6.12. The zero-order valence-electron chi connectivity index (χ0n) is 8.55. The molecule has 0 aliphatic carbocycles. The number of nitrogens with one attached hydrogen (secondary N) is 1. The minimum Gasteiger partial charge on any atom is -0.329 e. The summed E-state index contributed by atoms with van der Waals surface area (Å²) in [6.45, 7) is 6.51. The minimum atomic E-state index is -0.00868. The number of pyridine rings is 1. The van der Waals surface area contributed by atoms with Crippen molar-refractivity contribution in [1.82, 2.24) is 4.98 Å². The molecule has 1 N–H and O–H groups in total. The molecular formula is C11H17NO. The molecule has 0 aliphatic heterocycles. The molecule has 0 saturated carbocycles. The standard InChI is InChI=1S/C11H17NO/c1-4-11(3,5-2)9-6-7-12-10(13)8-9/h6-8H,4-5H2,1-3H3,(H,12,13). The predicted molar refractivity (Wildman–Crippen MR) is 55.0 cm³/mol. The van der Waals surface area contributed by atoms with Gasteiger partial charge in [-0.3, -0.25) is 4.79 Å². The molecule has 1 aromatic heterocycles. The van der Waals surface area contributed by atoms with Gasteiger partial charge in [0.25, 0.3) is 0 Å². The fourth-order valence-corrected chi connectivity index (χ4v) is 1.48. The van der Waals surface area contributed by atoms with Crippen LogP contribution in [0.25, 0.3) is 0 Å². The van der Waals surface area contributed by atoms with Gasteiger partial charge >= 0.3 is 0 Å². The van der Waals surface area contributed by atoms with E-state index in [2.05, 4.69) is 25.8 Å². The van der Waals surface area contributed by atoms with E-state index in [0.717, 1.165) is 18.4 Å². The molecule has 0 bridgehead atoms. The third kappa shape index (κ3) is 2.00. The lowest BCUT2D eigenvalue weighted by Crippen LogP contribution is -2.21. The number of hydrogen-bond donors (Lipinski definition) is 1. The minimum absolute atomic E-state index is 0.00868. The Hall–Kier alpha value is -1.05. The average Bonchev–Trinajstić information content (AvgIpc) is 2.17. The van der Waals surface area contributed by atoms with Gasteiger partial charge in [-0.05, 0) is 29.9 Å². The van der Waals surface area contributed by atoms with Gasteiger partial charge in [-0.2, -0.15) is 0 Å². The molecule has 0 unspecified atom stereocenters. The van der Waals surface area contributed by atoms with Crippen molar-refractivity contribution < 1.29 is 0 Å². The average molecular weight is 179 g/mol. The summed E-state index contributed by atoms with van der Waals surface area (Å²) in [5, 5.41) is 0. The molecule has 2 nitrogen and oxygen atoms in total. The second-order valence-electron chi connectivity index (χ2n) is 3.71. The highest BCUT2D eigenvalue weighted by Gasteiger charge is 2.21. The van der Waals surface area contributed by atoms with Crippen LogP contribution in [-0.4, -0.2) is 4.98 Å². The van der Waals surface area contributed by atoms with Gasteiger partial charge in [-0.25, -0.2) is 0 Å². The molecule has 72 valence electrons. The number of aromatic amines is 1. The Morgan fingerprint density at radius 1 is 1.38 bits per heavy atom. The Morgan fingerprint density at radius 2 is 2.00 bits per heavy atom. The first kappa shape index (κ1) is 10.0. The van der Waals surface area contributed by atoms with E-state index in [9.17, 15) is 4.79 Å².